The highest BCUT2D eigenvalue weighted by molar-refractivity contribution is 6.62. The summed E-state index contributed by atoms with van der Waals surface area (Å²) in [4.78, 5) is 3.90. The number of halogens is 1. The molecule has 0 saturated carbocycles. The predicted molar refractivity (Wildman–Crippen MR) is 81.2 cm³/mol. The van der Waals surface area contributed by atoms with Crippen molar-refractivity contribution in [2.24, 2.45) is 0 Å². The van der Waals surface area contributed by atoms with Crippen LogP contribution in [0.1, 0.15) is 33.3 Å². The van der Waals surface area contributed by atoms with E-state index in [9.17, 15) is 4.39 Å². The number of benzene rings is 1. The molecule has 0 atom stereocenters. The molecule has 0 aliphatic carbocycles. The van der Waals surface area contributed by atoms with Crippen molar-refractivity contribution in [2.75, 3.05) is 0 Å². The van der Waals surface area contributed by atoms with Gasteiger partial charge in [-0.15, -0.1) is 0 Å². The van der Waals surface area contributed by atoms with Gasteiger partial charge in [-0.05, 0) is 39.3 Å². The van der Waals surface area contributed by atoms with Gasteiger partial charge in [-0.1, -0.05) is 12.1 Å². The zero-order valence-electron chi connectivity index (χ0n) is 13.2. The molecule has 2 aromatic rings. The summed E-state index contributed by atoms with van der Waals surface area (Å²) < 4.78 is 27.7. The Kier molecular flexibility index (Phi) is 3.57. The van der Waals surface area contributed by atoms with E-state index in [1.54, 1.807) is 23.1 Å². The van der Waals surface area contributed by atoms with Crippen LogP contribution in [-0.2, 0) is 15.9 Å². The maximum Gasteiger partial charge on any atom is 0.497 e. The first-order chi connectivity index (χ1) is 10.3. The van der Waals surface area contributed by atoms with E-state index in [1.165, 1.54) is 12.4 Å². The van der Waals surface area contributed by atoms with Crippen molar-refractivity contribution in [3.63, 3.8) is 0 Å². The average Bonchev–Trinajstić information content (AvgIpc) is 2.99. The van der Waals surface area contributed by atoms with E-state index in [4.69, 9.17) is 9.31 Å². The van der Waals surface area contributed by atoms with Gasteiger partial charge in [-0.3, -0.25) is 0 Å². The Bertz CT molecular complexity index is 657. The van der Waals surface area contributed by atoms with Gasteiger partial charge in [-0.25, -0.2) is 14.1 Å². The maximum atomic E-state index is 14.2. The second-order valence-corrected chi connectivity index (χ2v) is 6.54. The first-order valence-electron chi connectivity index (χ1n) is 7.25. The van der Waals surface area contributed by atoms with E-state index < -0.39 is 18.3 Å². The molecule has 116 valence electrons. The lowest BCUT2D eigenvalue weighted by atomic mass is 9.78. The molecule has 0 bridgehead atoms. The molecule has 0 N–H and O–H groups in total. The van der Waals surface area contributed by atoms with E-state index >= 15 is 0 Å². The first-order valence-corrected chi connectivity index (χ1v) is 7.25. The number of aromatic nitrogens is 3. The van der Waals surface area contributed by atoms with Crippen molar-refractivity contribution in [1.82, 2.24) is 14.8 Å². The number of hydrogen-bond donors (Lipinski definition) is 0. The van der Waals surface area contributed by atoms with Gasteiger partial charge in [0, 0.05) is 5.46 Å². The molecule has 0 amide bonds. The largest absolute Gasteiger partial charge is 0.497 e. The summed E-state index contributed by atoms with van der Waals surface area (Å²) in [6.07, 6.45) is 3.09. The Labute approximate surface area is 129 Å². The maximum absolute atomic E-state index is 14.2. The molecule has 2 heterocycles. The van der Waals surface area contributed by atoms with Gasteiger partial charge >= 0.3 is 7.12 Å². The molecule has 0 spiro atoms. The Morgan fingerprint density at radius 2 is 1.86 bits per heavy atom. The fourth-order valence-corrected chi connectivity index (χ4v) is 2.34. The van der Waals surface area contributed by atoms with Crippen LogP contribution in [0, 0.1) is 5.82 Å². The zero-order chi connectivity index (χ0) is 16.0. The van der Waals surface area contributed by atoms with Gasteiger partial charge in [0.25, 0.3) is 0 Å². The van der Waals surface area contributed by atoms with Gasteiger partial charge < -0.3 is 9.31 Å². The lowest BCUT2D eigenvalue weighted by Gasteiger charge is -2.32. The summed E-state index contributed by atoms with van der Waals surface area (Å²) in [6.45, 7) is 8.31. The molecule has 1 saturated heterocycles. The molecular formula is C15H19BFN3O2. The van der Waals surface area contributed by atoms with Gasteiger partial charge in [0.15, 0.2) is 0 Å². The summed E-state index contributed by atoms with van der Waals surface area (Å²) in [5.74, 6) is -0.333. The minimum atomic E-state index is -0.708. The van der Waals surface area contributed by atoms with Gasteiger partial charge in [0.2, 0.25) is 0 Å². The van der Waals surface area contributed by atoms with Gasteiger partial charge in [0.1, 0.15) is 18.5 Å². The molecule has 5 nitrogen and oxygen atoms in total. The van der Waals surface area contributed by atoms with E-state index in [2.05, 4.69) is 10.1 Å². The Morgan fingerprint density at radius 3 is 2.45 bits per heavy atom. The zero-order valence-corrected chi connectivity index (χ0v) is 13.2. The van der Waals surface area contributed by atoms with Crippen LogP contribution in [0.15, 0.2) is 30.9 Å². The SMILES string of the molecule is CC1(C)OB(c2cc(Cn3cncn3)ccc2F)OC1(C)C. The minimum absolute atomic E-state index is 0.333. The van der Waals surface area contributed by atoms with Crippen LogP contribution in [0.3, 0.4) is 0 Å². The predicted octanol–water partition coefficient (Wildman–Crippen LogP) is 1.76. The average molecular weight is 303 g/mol. The lowest BCUT2D eigenvalue weighted by Crippen LogP contribution is -2.41. The third-order valence-corrected chi connectivity index (χ3v) is 4.38. The molecule has 1 fully saturated rings. The fraction of sp³-hybridized carbons (Fsp3) is 0.467. The van der Waals surface area contributed by atoms with Crippen LogP contribution in [0.4, 0.5) is 4.39 Å². The Hall–Kier alpha value is -1.73. The highest BCUT2D eigenvalue weighted by Gasteiger charge is 2.52. The van der Waals surface area contributed by atoms with E-state index in [-0.39, 0.29) is 5.82 Å². The van der Waals surface area contributed by atoms with E-state index in [0.29, 0.717) is 12.0 Å². The number of rotatable bonds is 3. The Balaban J connectivity index is 1.88. The van der Waals surface area contributed by atoms with Gasteiger partial charge in [-0.2, -0.15) is 5.10 Å². The lowest BCUT2D eigenvalue weighted by molar-refractivity contribution is 0.00578. The first kappa shape index (κ1) is 15.2. The van der Waals surface area contributed by atoms with Crippen molar-refractivity contribution in [2.45, 2.75) is 45.4 Å². The number of hydrogen-bond acceptors (Lipinski definition) is 4. The molecular weight excluding hydrogens is 284 g/mol. The normalized spacial score (nSPS) is 19.6. The molecule has 1 aliphatic heterocycles. The van der Waals surface area contributed by atoms with E-state index in [1.807, 2.05) is 27.7 Å². The molecule has 1 aliphatic rings. The second-order valence-electron chi connectivity index (χ2n) is 6.54. The highest BCUT2D eigenvalue weighted by atomic mass is 19.1. The summed E-state index contributed by atoms with van der Waals surface area (Å²) in [5.41, 5.74) is 0.339. The molecule has 3 rings (SSSR count). The van der Waals surface area contributed by atoms with Gasteiger partial charge in [0.05, 0.1) is 17.7 Å². The third kappa shape index (κ3) is 2.66. The van der Waals surface area contributed by atoms with Crippen LogP contribution in [0.5, 0.6) is 0 Å². The van der Waals surface area contributed by atoms with Crippen molar-refractivity contribution in [3.05, 3.63) is 42.2 Å². The standard InChI is InChI=1S/C15H19BFN3O2/c1-14(2)15(3,4)22-16(21-14)12-7-11(5-6-13(12)17)8-20-10-18-9-19-20/h5-7,9-10H,8H2,1-4H3. The van der Waals surface area contributed by atoms with Crippen molar-refractivity contribution < 1.29 is 13.7 Å². The van der Waals surface area contributed by atoms with Crippen molar-refractivity contribution >= 4 is 12.6 Å². The van der Waals surface area contributed by atoms with Crippen LogP contribution < -0.4 is 5.46 Å². The summed E-state index contributed by atoms with van der Waals surface area (Å²) in [6, 6.07) is 4.93. The molecule has 0 unspecified atom stereocenters. The smallest absolute Gasteiger partial charge is 0.399 e. The molecule has 7 heteroatoms. The van der Waals surface area contributed by atoms with E-state index in [0.717, 1.165) is 5.56 Å². The van der Waals surface area contributed by atoms with Crippen LogP contribution in [-0.4, -0.2) is 33.1 Å². The Morgan fingerprint density at radius 1 is 1.18 bits per heavy atom. The fourth-order valence-electron chi connectivity index (χ4n) is 2.34. The molecule has 22 heavy (non-hydrogen) atoms. The summed E-state index contributed by atoms with van der Waals surface area (Å²) in [7, 11) is -0.708. The monoisotopic (exact) mass is 303 g/mol. The molecule has 1 aromatic heterocycles. The second kappa shape index (κ2) is 5.17. The molecule has 0 radical (unpaired) electrons. The van der Waals surface area contributed by atoms with Crippen LogP contribution in [0.2, 0.25) is 0 Å². The van der Waals surface area contributed by atoms with Crippen molar-refractivity contribution in [1.29, 1.82) is 0 Å². The number of nitrogens with zero attached hydrogens (tertiary/aromatic N) is 3. The summed E-state index contributed by atoms with van der Waals surface area (Å²) in [5, 5.41) is 4.06. The van der Waals surface area contributed by atoms with Crippen LogP contribution in [0.25, 0.3) is 0 Å². The quantitative estimate of drug-likeness (QED) is 0.811. The summed E-state index contributed by atoms with van der Waals surface area (Å²) >= 11 is 0. The van der Waals surface area contributed by atoms with Crippen LogP contribution >= 0.6 is 0 Å². The minimum Gasteiger partial charge on any atom is -0.399 e. The molecule has 1 aromatic carbocycles. The topological polar surface area (TPSA) is 49.2 Å². The third-order valence-electron chi connectivity index (χ3n) is 4.38. The van der Waals surface area contributed by atoms with Crippen molar-refractivity contribution in [3.8, 4) is 0 Å². The highest BCUT2D eigenvalue weighted by Crippen LogP contribution is 2.36.